The second kappa shape index (κ2) is 11.6. The Balaban J connectivity index is 2.29. The number of unbranched alkanes of at least 4 members (excludes halogenated alkanes) is 1. The predicted octanol–water partition coefficient (Wildman–Crippen LogP) is 5.73. The number of hydrogen-bond acceptors (Lipinski definition) is 7. The van der Waals surface area contributed by atoms with Gasteiger partial charge in [0.1, 0.15) is 11.7 Å². The van der Waals surface area contributed by atoms with Gasteiger partial charge in [0.25, 0.3) is 0 Å². The lowest BCUT2D eigenvalue weighted by Crippen LogP contribution is -2.46. The maximum Gasteiger partial charge on any atom is 0.407 e. The molecule has 34 heavy (non-hydrogen) atoms. The van der Waals surface area contributed by atoms with E-state index in [1.807, 2.05) is 32.9 Å². The van der Waals surface area contributed by atoms with Gasteiger partial charge in [-0.25, -0.2) is 14.2 Å². The van der Waals surface area contributed by atoms with Crippen LogP contribution in [0.5, 0.6) is 0 Å². The van der Waals surface area contributed by atoms with Gasteiger partial charge in [-0.3, -0.25) is 4.98 Å². The number of anilines is 3. The number of nitriles is 1. The maximum absolute atomic E-state index is 14.9. The third kappa shape index (κ3) is 7.87. The van der Waals surface area contributed by atoms with Crippen molar-refractivity contribution in [1.29, 1.82) is 5.26 Å². The third-order valence-electron chi connectivity index (χ3n) is 5.24. The van der Waals surface area contributed by atoms with Crippen molar-refractivity contribution in [3.8, 4) is 6.07 Å². The zero-order valence-electron chi connectivity index (χ0n) is 21.0. The van der Waals surface area contributed by atoms with Crippen LogP contribution < -0.4 is 16.0 Å². The summed E-state index contributed by atoms with van der Waals surface area (Å²) in [5.74, 6) is -0.429. The summed E-state index contributed by atoms with van der Waals surface area (Å²) in [5.41, 5.74) is 1.97. The lowest BCUT2D eigenvalue weighted by molar-refractivity contribution is 0.0502. The summed E-state index contributed by atoms with van der Waals surface area (Å²) in [5, 5.41) is 18.5. The Kier molecular flexibility index (Phi) is 9.19. The number of pyridine rings is 2. The van der Waals surface area contributed by atoms with Gasteiger partial charge in [-0.1, -0.05) is 19.8 Å². The van der Waals surface area contributed by atoms with Crippen molar-refractivity contribution in [3.63, 3.8) is 0 Å². The van der Waals surface area contributed by atoms with Gasteiger partial charge in [0.2, 0.25) is 0 Å². The summed E-state index contributed by atoms with van der Waals surface area (Å²) in [6.07, 6.45) is 3.58. The molecule has 0 saturated carbocycles. The van der Waals surface area contributed by atoms with Crippen LogP contribution in [0.4, 0.5) is 26.5 Å². The number of alkyl carbamates (subject to hydrolysis) is 1. The zero-order chi connectivity index (χ0) is 25.5. The molecule has 2 aromatic rings. The number of ether oxygens (including phenoxy) is 1. The monoisotopic (exact) mass is 470 g/mol. The topological polar surface area (TPSA) is 112 Å². The van der Waals surface area contributed by atoms with Gasteiger partial charge in [-0.15, -0.1) is 0 Å². The Morgan fingerprint density at radius 1 is 1.26 bits per heavy atom. The van der Waals surface area contributed by atoms with E-state index in [9.17, 15) is 14.4 Å². The number of rotatable bonds is 9. The molecule has 3 N–H and O–H groups in total. The van der Waals surface area contributed by atoms with E-state index in [0.29, 0.717) is 12.1 Å². The summed E-state index contributed by atoms with van der Waals surface area (Å²) in [4.78, 5) is 20.9. The minimum absolute atomic E-state index is 0.00256. The number of carbonyl (C=O) groups is 1. The van der Waals surface area contributed by atoms with Gasteiger partial charge in [0.15, 0.2) is 17.5 Å². The molecule has 0 spiro atoms. The third-order valence-corrected chi connectivity index (χ3v) is 5.24. The maximum atomic E-state index is 14.9. The number of aryl methyl sites for hydroxylation is 2. The van der Waals surface area contributed by atoms with Crippen molar-refractivity contribution >= 4 is 23.4 Å². The SMILES string of the molecule is CCCC[C@@H](Nc1nc(Nc2cnc(C)c(C)c2)c(C#N)cc1F)[C@H](C)NC(=O)OC(C)(C)C. The highest BCUT2D eigenvalue weighted by molar-refractivity contribution is 5.68. The van der Waals surface area contributed by atoms with Crippen molar-refractivity contribution in [2.75, 3.05) is 10.6 Å². The fourth-order valence-electron chi connectivity index (χ4n) is 3.26. The van der Waals surface area contributed by atoms with Gasteiger partial charge < -0.3 is 20.7 Å². The quantitative estimate of drug-likeness (QED) is 0.429. The second-order valence-corrected chi connectivity index (χ2v) is 9.41. The Morgan fingerprint density at radius 2 is 1.97 bits per heavy atom. The number of nitrogens with zero attached hydrogens (tertiary/aromatic N) is 3. The molecule has 0 aromatic carbocycles. The minimum Gasteiger partial charge on any atom is -0.444 e. The normalized spacial score (nSPS) is 12.9. The lowest BCUT2D eigenvalue weighted by Gasteiger charge is -2.28. The van der Waals surface area contributed by atoms with E-state index in [1.54, 1.807) is 27.0 Å². The Bertz CT molecular complexity index is 1040. The molecule has 0 aliphatic carbocycles. The molecule has 8 nitrogen and oxygen atoms in total. The molecular weight excluding hydrogens is 435 g/mol. The number of hydrogen-bond donors (Lipinski definition) is 3. The molecule has 0 radical (unpaired) electrons. The Morgan fingerprint density at radius 3 is 2.56 bits per heavy atom. The number of amides is 1. The molecule has 0 unspecified atom stereocenters. The van der Waals surface area contributed by atoms with E-state index < -0.39 is 17.5 Å². The minimum atomic E-state index is -0.647. The van der Waals surface area contributed by atoms with Crippen LogP contribution in [-0.2, 0) is 4.74 Å². The molecule has 0 aliphatic rings. The fraction of sp³-hybridized carbons (Fsp3) is 0.520. The number of halogens is 1. The van der Waals surface area contributed by atoms with E-state index in [2.05, 4.69) is 32.8 Å². The van der Waals surface area contributed by atoms with E-state index in [4.69, 9.17) is 4.74 Å². The summed E-state index contributed by atoms with van der Waals surface area (Å²) in [6.45, 7) is 13.1. The number of carbonyl (C=O) groups excluding carboxylic acids is 1. The molecular formula is C25H35FN6O2. The van der Waals surface area contributed by atoms with E-state index in [1.165, 1.54) is 0 Å². The van der Waals surface area contributed by atoms with Gasteiger partial charge in [-0.2, -0.15) is 5.26 Å². The van der Waals surface area contributed by atoms with Crippen molar-refractivity contribution in [1.82, 2.24) is 15.3 Å². The number of nitrogens with one attached hydrogen (secondary N) is 3. The summed E-state index contributed by atoms with van der Waals surface area (Å²) >= 11 is 0. The van der Waals surface area contributed by atoms with Crippen LogP contribution in [0.3, 0.4) is 0 Å². The molecule has 9 heteroatoms. The van der Waals surface area contributed by atoms with Crippen LogP contribution in [-0.4, -0.2) is 33.7 Å². The van der Waals surface area contributed by atoms with Gasteiger partial charge in [-0.05, 0) is 65.7 Å². The first-order valence-corrected chi connectivity index (χ1v) is 11.5. The largest absolute Gasteiger partial charge is 0.444 e. The molecule has 0 fully saturated rings. The van der Waals surface area contributed by atoms with Crippen LogP contribution in [0.1, 0.15) is 70.7 Å². The first-order valence-electron chi connectivity index (χ1n) is 11.5. The van der Waals surface area contributed by atoms with E-state index in [0.717, 1.165) is 30.2 Å². The van der Waals surface area contributed by atoms with Crippen molar-refractivity contribution in [3.05, 3.63) is 41.0 Å². The molecule has 2 atom stereocenters. The second-order valence-electron chi connectivity index (χ2n) is 9.41. The molecule has 2 rings (SSSR count). The zero-order valence-corrected chi connectivity index (χ0v) is 21.0. The highest BCUT2D eigenvalue weighted by Crippen LogP contribution is 2.25. The van der Waals surface area contributed by atoms with Crippen LogP contribution in [0.25, 0.3) is 0 Å². The fourth-order valence-corrected chi connectivity index (χ4v) is 3.26. The molecule has 0 saturated heterocycles. The first kappa shape index (κ1) is 26.8. The van der Waals surface area contributed by atoms with Crippen LogP contribution >= 0.6 is 0 Å². The smallest absolute Gasteiger partial charge is 0.407 e. The van der Waals surface area contributed by atoms with E-state index >= 15 is 0 Å². The summed E-state index contributed by atoms with van der Waals surface area (Å²) < 4.78 is 20.2. The average Bonchev–Trinajstić information content (AvgIpc) is 2.73. The highest BCUT2D eigenvalue weighted by atomic mass is 19.1. The number of aromatic nitrogens is 2. The van der Waals surface area contributed by atoms with Crippen LogP contribution in [0.15, 0.2) is 18.3 Å². The molecule has 1 amide bonds. The van der Waals surface area contributed by atoms with Crippen LogP contribution in [0.2, 0.25) is 0 Å². The van der Waals surface area contributed by atoms with Crippen molar-refractivity contribution in [2.45, 2.75) is 85.4 Å². The summed E-state index contributed by atoms with van der Waals surface area (Å²) in [7, 11) is 0. The summed E-state index contributed by atoms with van der Waals surface area (Å²) in [6, 6.07) is 4.35. The Hall–Kier alpha value is -3.41. The van der Waals surface area contributed by atoms with Gasteiger partial charge >= 0.3 is 6.09 Å². The van der Waals surface area contributed by atoms with E-state index in [-0.39, 0.29) is 29.3 Å². The van der Waals surface area contributed by atoms with Crippen LogP contribution in [0, 0.1) is 31.0 Å². The van der Waals surface area contributed by atoms with Crippen molar-refractivity contribution < 1.29 is 13.9 Å². The molecule has 2 heterocycles. The Labute approximate surface area is 201 Å². The molecule has 184 valence electrons. The molecule has 0 aliphatic heterocycles. The lowest BCUT2D eigenvalue weighted by atomic mass is 10.0. The average molecular weight is 471 g/mol. The molecule has 0 bridgehead atoms. The van der Waals surface area contributed by atoms with Gasteiger partial charge in [0.05, 0.1) is 17.4 Å². The van der Waals surface area contributed by atoms with Gasteiger partial charge in [0, 0.05) is 17.8 Å². The highest BCUT2D eigenvalue weighted by Gasteiger charge is 2.24. The van der Waals surface area contributed by atoms with Crippen molar-refractivity contribution in [2.24, 2.45) is 0 Å². The predicted molar refractivity (Wildman–Crippen MR) is 132 cm³/mol. The molecule has 2 aromatic heterocycles. The first-order chi connectivity index (χ1) is 15.9. The standard InChI is InChI=1S/C25H35FN6O2/c1-8-9-10-21(17(4)29-24(33)34-25(5,6)7)31-23-20(26)12-18(13-27)22(32-23)30-19-11-15(2)16(3)28-14-19/h11-12,14,17,21H,8-10H2,1-7H3,(H,29,33)(H2,30,31,32)/t17-,21+/m0/s1.